The maximum atomic E-state index is 13.0. The zero-order chi connectivity index (χ0) is 22.6. The molecule has 31 heavy (non-hydrogen) atoms. The molecule has 1 aliphatic heterocycles. The number of aryl methyl sites for hydroxylation is 1. The summed E-state index contributed by atoms with van der Waals surface area (Å²) in [5, 5.41) is 0. The summed E-state index contributed by atoms with van der Waals surface area (Å²) in [5.74, 6) is 1.21. The molecule has 0 aromatic heterocycles. The second-order valence-corrected chi connectivity index (χ2v) is 10.2. The summed E-state index contributed by atoms with van der Waals surface area (Å²) in [6.07, 6.45) is 1.15. The van der Waals surface area contributed by atoms with Crippen molar-refractivity contribution in [2.45, 2.75) is 33.6 Å². The fourth-order valence-corrected chi connectivity index (χ4v) is 4.52. The molecule has 1 N–H and O–H groups in total. The molecule has 168 valence electrons. The van der Waals surface area contributed by atoms with E-state index < -0.39 is 15.4 Å². The third kappa shape index (κ3) is 5.50. The average Bonchev–Trinajstić information content (AvgIpc) is 2.83. The van der Waals surface area contributed by atoms with Crippen LogP contribution < -0.4 is 19.1 Å². The Labute approximate surface area is 184 Å². The van der Waals surface area contributed by atoms with E-state index in [2.05, 4.69) is 4.72 Å². The molecule has 1 aliphatic rings. The monoisotopic (exact) mass is 446 g/mol. The Morgan fingerprint density at radius 1 is 1.16 bits per heavy atom. The predicted molar refractivity (Wildman–Crippen MR) is 122 cm³/mol. The molecule has 0 atom stereocenters. The molecule has 7 nitrogen and oxygen atoms in total. The highest BCUT2D eigenvalue weighted by atomic mass is 32.2. The van der Waals surface area contributed by atoms with Gasteiger partial charge in [-0.2, -0.15) is 0 Å². The highest BCUT2D eigenvalue weighted by Crippen LogP contribution is 2.38. The average molecular weight is 447 g/mol. The second-order valence-electron chi connectivity index (χ2n) is 8.33. The summed E-state index contributed by atoms with van der Waals surface area (Å²) in [6.45, 7) is 6.51. The third-order valence-electron chi connectivity index (χ3n) is 5.20. The van der Waals surface area contributed by atoms with Crippen LogP contribution in [0.2, 0.25) is 0 Å². The lowest BCUT2D eigenvalue weighted by molar-refractivity contribution is -0.127. The summed E-state index contributed by atoms with van der Waals surface area (Å²) < 4.78 is 38.9. The summed E-state index contributed by atoms with van der Waals surface area (Å²) >= 11 is 0. The Morgan fingerprint density at radius 3 is 2.52 bits per heavy atom. The first-order chi connectivity index (χ1) is 14.6. The number of nitrogens with zero attached hydrogens (tertiary/aromatic N) is 1. The number of nitrogens with one attached hydrogen (secondary N) is 1. The molecule has 0 aliphatic carbocycles. The van der Waals surface area contributed by atoms with Crippen LogP contribution in [0.5, 0.6) is 11.5 Å². The third-order valence-corrected chi connectivity index (χ3v) is 6.49. The molecule has 1 heterocycles. The largest absolute Gasteiger partial charge is 0.497 e. The lowest BCUT2D eigenvalue weighted by atomic mass is 9.93. The molecule has 2 aromatic carbocycles. The van der Waals surface area contributed by atoms with Crippen molar-refractivity contribution in [3.05, 3.63) is 48.0 Å². The SMILES string of the molecule is CCCN1C(=O)C(C)(C)COc2ccc(NS(=O)(=O)CCc3ccc(OC)cc3)cc21. The minimum absolute atomic E-state index is 0.0346. The number of ether oxygens (including phenoxy) is 2. The van der Waals surface area contributed by atoms with Crippen molar-refractivity contribution in [2.24, 2.45) is 5.41 Å². The maximum absolute atomic E-state index is 13.0. The zero-order valence-electron chi connectivity index (χ0n) is 18.5. The van der Waals surface area contributed by atoms with Crippen molar-refractivity contribution >= 4 is 27.3 Å². The molecule has 1 amide bonds. The number of carbonyl (C=O) groups is 1. The molecule has 0 saturated heterocycles. The number of benzene rings is 2. The molecule has 0 radical (unpaired) electrons. The van der Waals surface area contributed by atoms with Crippen LogP contribution in [0.4, 0.5) is 11.4 Å². The van der Waals surface area contributed by atoms with Crippen LogP contribution in [0, 0.1) is 5.41 Å². The quantitative estimate of drug-likeness (QED) is 0.666. The smallest absolute Gasteiger partial charge is 0.236 e. The number of methoxy groups -OCH3 is 1. The van der Waals surface area contributed by atoms with Crippen LogP contribution in [-0.2, 0) is 21.2 Å². The van der Waals surface area contributed by atoms with Gasteiger partial charge in [0.15, 0.2) is 0 Å². The highest BCUT2D eigenvalue weighted by Gasteiger charge is 2.37. The molecule has 2 aromatic rings. The molecule has 0 fully saturated rings. The molecular weight excluding hydrogens is 416 g/mol. The Hall–Kier alpha value is -2.74. The van der Waals surface area contributed by atoms with Crippen LogP contribution in [0.1, 0.15) is 32.8 Å². The minimum atomic E-state index is -3.58. The van der Waals surface area contributed by atoms with Gasteiger partial charge >= 0.3 is 0 Å². The van der Waals surface area contributed by atoms with Crippen LogP contribution in [0.25, 0.3) is 0 Å². The molecule has 0 unspecified atom stereocenters. The molecule has 0 bridgehead atoms. The van der Waals surface area contributed by atoms with E-state index in [0.29, 0.717) is 30.1 Å². The van der Waals surface area contributed by atoms with Gasteiger partial charge in [0.1, 0.15) is 18.1 Å². The Balaban J connectivity index is 1.77. The Bertz CT molecular complexity index is 1030. The second kappa shape index (κ2) is 9.18. The normalized spacial score (nSPS) is 15.6. The number of anilines is 2. The zero-order valence-corrected chi connectivity index (χ0v) is 19.3. The van der Waals surface area contributed by atoms with Crippen molar-refractivity contribution < 1.29 is 22.7 Å². The summed E-state index contributed by atoms with van der Waals surface area (Å²) in [7, 11) is -1.99. The number of sulfonamides is 1. The van der Waals surface area contributed by atoms with Gasteiger partial charge in [-0.15, -0.1) is 0 Å². The van der Waals surface area contributed by atoms with Crippen molar-refractivity contribution in [3.8, 4) is 11.5 Å². The number of fused-ring (bicyclic) bond motifs is 1. The van der Waals surface area contributed by atoms with Crippen molar-refractivity contribution in [1.29, 1.82) is 0 Å². The first-order valence-electron chi connectivity index (χ1n) is 10.4. The molecule has 0 saturated carbocycles. The van der Waals surface area contributed by atoms with E-state index in [9.17, 15) is 13.2 Å². The maximum Gasteiger partial charge on any atom is 0.236 e. The van der Waals surface area contributed by atoms with Gasteiger partial charge in [0, 0.05) is 6.54 Å². The van der Waals surface area contributed by atoms with Crippen molar-refractivity contribution in [2.75, 3.05) is 35.6 Å². The van der Waals surface area contributed by atoms with E-state index in [1.165, 1.54) is 0 Å². The Kier molecular flexibility index (Phi) is 6.79. The predicted octanol–water partition coefficient (Wildman–Crippen LogP) is 3.84. The van der Waals surface area contributed by atoms with E-state index in [4.69, 9.17) is 9.47 Å². The molecular formula is C23H30N2O5S. The van der Waals surface area contributed by atoms with Crippen LogP contribution >= 0.6 is 0 Å². The van der Waals surface area contributed by atoms with E-state index in [0.717, 1.165) is 17.7 Å². The lowest BCUT2D eigenvalue weighted by Gasteiger charge is -2.28. The van der Waals surface area contributed by atoms with Crippen LogP contribution in [0.15, 0.2) is 42.5 Å². The van der Waals surface area contributed by atoms with Crippen LogP contribution in [0.3, 0.4) is 0 Å². The molecule has 0 spiro atoms. The topological polar surface area (TPSA) is 84.9 Å². The Morgan fingerprint density at radius 2 is 1.87 bits per heavy atom. The first kappa shape index (κ1) is 22.9. The van der Waals surface area contributed by atoms with E-state index in [1.807, 2.05) is 45.0 Å². The van der Waals surface area contributed by atoms with Gasteiger partial charge in [0.2, 0.25) is 15.9 Å². The highest BCUT2D eigenvalue weighted by molar-refractivity contribution is 7.92. The van der Waals surface area contributed by atoms with Crippen molar-refractivity contribution in [1.82, 2.24) is 0 Å². The number of amides is 1. The molecule has 8 heteroatoms. The van der Waals surface area contributed by atoms with Crippen LogP contribution in [-0.4, -0.2) is 40.3 Å². The summed E-state index contributed by atoms with van der Waals surface area (Å²) in [5.41, 5.74) is 1.24. The van der Waals surface area contributed by atoms with Crippen molar-refractivity contribution in [3.63, 3.8) is 0 Å². The fourth-order valence-electron chi connectivity index (χ4n) is 3.43. The van der Waals surface area contributed by atoms with Gasteiger partial charge in [-0.25, -0.2) is 8.42 Å². The standard InChI is InChI=1S/C23H30N2O5S/c1-5-13-25-20-15-18(8-11-21(20)30-16-23(2,3)22(25)26)24-31(27,28)14-12-17-6-9-19(29-4)10-7-17/h6-11,15,24H,5,12-14,16H2,1-4H3. The lowest BCUT2D eigenvalue weighted by Crippen LogP contribution is -2.42. The number of carbonyl (C=O) groups excluding carboxylic acids is 1. The van der Waals surface area contributed by atoms with Gasteiger partial charge in [0.05, 0.1) is 29.7 Å². The van der Waals surface area contributed by atoms with Gasteiger partial charge < -0.3 is 14.4 Å². The number of rotatable bonds is 8. The number of hydrogen-bond acceptors (Lipinski definition) is 5. The fraction of sp³-hybridized carbons (Fsp3) is 0.435. The number of hydrogen-bond donors (Lipinski definition) is 1. The summed E-state index contributed by atoms with van der Waals surface area (Å²) in [6, 6.07) is 12.4. The van der Waals surface area contributed by atoms with Gasteiger partial charge in [-0.05, 0) is 62.6 Å². The van der Waals surface area contributed by atoms with E-state index in [1.54, 1.807) is 30.2 Å². The molecule has 3 rings (SSSR count). The minimum Gasteiger partial charge on any atom is -0.497 e. The van der Waals surface area contributed by atoms with E-state index in [-0.39, 0.29) is 18.3 Å². The summed E-state index contributed by atoms with van der Waals surface area (Å²) in [4.78, 5) is 14.7. The van der Waals surface area contributed by atoms with E-state index >= 15 is 0 Å². The van der Waals surface area contributed by atoms with Gasteiger partial charge in [0.25, 0.3) is 0 Å². The van der Waals surface area contributed by atoms with Gasteiger partial charge in [-0.1, -0.05) is 19.1 Å². The first-order valence-corrected chi connectivity index (χ1v) is 12.0. The van der Waals surface area contributed by atoms with Gasteiger partial charge in [-0.3, -0.25) is 9.52 Å².